The largest absolute Gasteiger partial charge is 0.404 e. The lowest BCUT2D eigenvalue weighted by atomic mass is 10.1. The van der Waals surface area contributed by atoms with Crippen molar-refractivity contribution in [3.05, 3.63) is 48.5 Å². The van der Waals surface area contributed by atoms with E-state index in [0.717, 1.165) is 21.7 Å². The summed E-state index contributed by atoms with van der Waals surface area (Å²) < 4.78 is 6.39. The first-order chi connectivity index (χ1) is 10.3. The lowest BCUT2D eigenvalue weighted by molar-refractivity contribution is 0.590. The van der Waals surface area contributed by atoms with Crippen LogP contribution < -0.4 is 5.73 Å². The number of thiazole rings is 1. The summed E-state index contributed by atoms with van der Waals surface area (Å²) >= 11 is 1.67. The molecule has 0 spiro atoms. The highest BCUT2D eigenvalue weighted by atomic mass is 32.1. The number of aromatic nitrogens is 3. The molecule has 2 heterocycles. The van der Waals surface area contributed by atoms with Gasteiger partial charge in [0.1, 0.15) is 5.01 Å². The van der Waals surface area contributed by atoms with Gasteiger partial charge in [-0.1, -0.05) is 29.4 Å². The molecule has 0 saturated heterocycles. The summed E-state index contributed by atoms with van der Waals surface area (Å²) in [6.45, 7) is 0. The molecule has 21 heavy (non-hydrogen) atoms. The van der Waals surface area contributed by atoms with Crippen molar-refractivity contribution in [3.8, 4) is 22.0 Å². The van der Waals surface area contributed by atoms with E-state index in [1.165, 1.54) is 4.70 Å². The van der Waals surface area contributed by atoms with Crippen molar-refractivity contribution in [2.45, 2.75) is 0 Å². The number of hydrogen-bond acceptors (Lipinski definition) is 6. The molecule has 2 aromatic heterocycles. The Morgan fingerprint density at radius 1 is 0.905 bits per heavy atom. The van der Waals surface area contributed by atoms with Gasteiger partial charge in [0.25, 0.3) is 0 Å². The first-order valence-corrected chi connectivity index (χ1v) is 7.16. The van der Waals surface area contributed by atoms with E-state index in [0.29, 0.717) is 5.89 Å². The van der Waals surface area contributed by atoms with Crippen LogP contribution in [0.5, 0.6) is 0 Å². The van der Waals surface area contributed by atoms with Crippen molar-refractivity contribution < 1.29 is 4.42 Å². The average Bonchev–Trinajstić information content (AvgIpc) is 3.13. The molecule has 0 fully saturated rings. The quantitative estimate of drug-likeness (QED) is 0.611. The number of fused-ring (bicyclic) bond motifs is 1. The number of nitrogens with two attached hydrogens (primary N) is 1. The van der Waals surface area contributed by atoms with Crippen LogP contribution in [0.4, 0.5) is 6.01 Å². The van der Waals surface area contributed by atoms with E-state index in [-0.39, 0.29) is 6.01 Å². The Hall–Kier alpha value is -2.73. The van der Waals surface area contributed by atoms with Crippen LogP contribution in [0, 0.1) is 0 Å². The van der Waals surface area contributed by atoms with Crippen LogP contribution in [-0.4, -0.2) is 15.2 Å². The number of anilines is 1. The van der Waals surface area contributed by atoms with Gasteiger partial charge in [-0.25, -0.2) is 4.98 Å². The summed E-state index contributed by atoms with van der Waals surface area (Å²) in [5, 5.41) is 8.52. The van der Waals surface area contributed by atoms with Crippen LogP contribution in [0.2, 0.25) is 0 Å². The smallest absolute Gasteiger partial charge is 0.313 e. The number of rotatable bonds is 2. The molecule has 0 aliphatic carbocycles. The Balaban J connectivity index is 1.72. The van der Waals surface area contributed by atoms with Gasteiger partial charge >= 0.3 is 6.01 Å². The highest BCUT2D eigenvalue weighted by Gasteiger charge is 2.09. The second-order valence-corrected chi connectivity index (χ2v) is 5.54. The standard InChI is InChI=1S/C15H10N4OS/c16-15-19-18-13(20-15)9-5-7-10(8-6-9)14-17-11-3-1-2-4-12(11)21-14/h1-8H,(H2,16,19). The minimum Gasteiger partial charge on any atom is -0.404 e. The first-order valence-electron chi connectivity index (χ1n) is 6.35. The normalized spacial score (nSPS) is 11.0. The van der Waals surface area contributed by atoms with Gasteiger partial charge in [0.2, 0.25) is 5.89 Å². The number of nitrogen functional groups attached to an aromatic ring is 1. The van der Waals surface area contributed by atoms with Crippen LogP contribution in [0.25, 0.3) is 32.2 Å². The second-order valence-electron chi connectivity index (χ2n) is 4.51. The number of hydrogen-bond donors (Lipinski definition) is 1. The van der Waals surface area contributed by atoms with Gasteiger partial charge in [0.15, 0.2) is 0 Å². The molecular formula is C15H10N4OS. The first kappa shape index (κ1) is 12.0. The van der Waals surface area contributed by atoms with Crippen LogP contribution in [0.15, 0.2) is 52.9 Å². The van der Waals surface area contributed by atoms with E-state index >= 15 is 0 Å². The predicted molar refractivity (Wildman–Crippen MR) is 82.8 cm³/mol. The molecule has 0 atom stereocenters. The summed E-state index contributed by atoms with van der Waals surface area (Å²) in [7, 11) is 0. The molecule has 4 aromatic rings. The van der Waals surface area contributed by atoms with Crippen LogP contribution in [0.1, 0.15) is 0 Å². The molecule has 0 unspecified atom stereocenters. The van der Waals surface area contributed by atoms with Gasteiger partial charge in [0, 0.05) is 11.1 Å². The molecule has 2 aromatic carbocycles. The summed E-state index contributed by atoms with van der Waals surface area (Å²) in [5.74, 6) is 0.420. The molecule has 0 bridgehead atoms. The van der Waals surface area contributed by atoms with E-state index in [1.54, 1.807) is 11.3 Å². The maximum absolute atomic E-state index is 5.43. The zero-order valence-corrected chi connectivity index (χ0v) is 11.7. The van der Waals surface area contributed by atoms with Crippen molar-refractivity contribution >= 4 is 27.6 Å². The zero-order chi connectivity index (χ0) is 14.2. The monoisotopic (exact) mass is 294 g/mol. The maximum Gasteiger partial charge on any atom is 0.313 e. The molecule has 0 amide bonds. The molecule has 4 rings (SSSR count). The molecule has 2 N–H and O–H groups in total. The summed E-state index contributed by atoms with van der Waals surface area (Å²) in [4.78, 5) is 4.64. The van der Waals surface area contributed by atoms with E-state index in [4.69, 9.17) is 10.2 Å². The SMILES string of the molecule is Nc1nnc(-c2ccc(-c3nc4ccccc4s3)cc2)o1. The number of para-hydroxylation sites is 1. The topological polar surface area (TPSA) is 77.8 Å². The average molecular weight is 294 g/mol. The minimum atomic E-state index is 0.0697. The Morgan fingerprint density at radius 3 is 2.38 bits per heavy atom. The van der Waals surface area contributed by atoms with Gasteiger partial charge in [0.05, 0.1) is 10.2 Å². The second kappa shape index (κ2) is 4.68. The molecule has 102 valence electrons. The van der Waals surface area contributed by atoms with Gasteiger partial charge in [-0.3, -0.25) is 0 Å². The molecular weight excluding hydrogens is 284 g/mol. The molecule has 5 nitrogen and oxygen atoms in total. The van der Waals surface area contributed by atoms with Gasteiger partial charge in [-0.2, -0.15) is 0 Å². The van der Waals surface area contributed by atoms with Crippen LogP contribution >= 0.6 is 11.3 Å². The lowest BCUT2D eigenvalue weighted by Crippen LogP contribution is -1.81. The molecule has 6 heteroatoms. The van der Waals surface area contributed by atoms with Crippen molar-refractivity contribution in [3.63, 3.8) is 0 Å². The number of nitrogens with zero attached hydrogens (tertiary/aromatic N) is 3. The Labute approximate surface area is 124 Å². The Bertz CT molecular complexity index is 878. The van der Waals surface area contributed by atoms with E-state index in [9.17, 15) is 0 Å². The zero-order valence-electron chi connectivity index (χ0n) is 10.9. The van der Waals surface area contributed by atoms with Crippen molar-refractivity contribution in [1.82, 2.24) is 15.2 Å². The van der Waals surface area contributed by atoms with E-state index in [1.807, 2.05) is 42.5 Å². The van der Waals surface area contributed by atoms with Crippen molar-refractivity contribution in [2.75, 3.05) is 5.73 Å². The lowest BCUT2D eigenvalue weighted by Gasteiger charge is -1.97. The van der Waals surface area contributed by atoms with Crippen molar-refractivity contribution in [2.24, 2.45) is 0 Å². The summed E-state index contributed by atoms with van der Waals surface area (Å²) in [5.41, 5.74) is 8.35. The minimum absolute atomic E-state index is 0.0697. The van der Waals surface area contributed by atoms with Crippen molar-refractivity contribution in [1.29, 1.82) is 0 Å². The van der Waals surface area contributed by atoms with E-state index in [2.05, 4.69) is 21.2 Å². The fourth-order valence-corrected chi connectivity index (χ4v) is 3.07. The Morgan fingerprint density at radius 2 is 1.67 bits per heavy atom. The molecule has 0 aliphatic heterocycles. The molecule has 0 aliphatic rings. The molecule has 0 radical (unpaired) electrons. The van der Waals surface area contributed by atoms with Gasteiger partial charge in [-0.05, 0) is 24.3 Å². The molecule has 0 saturated carbocycles. The van der Waals surface area contributed by atoms with Gasteiger partial charge < -0.3 is 10.2 Å². The third kappa shape index (κ3) is 2.15. The van der Waals surface area contributed by atoms with E-state index < -0.39 is 0 Å². The third-order valence-corrected chi connectivity index (χ3v) is 4.20. The summed E-state index contributed by atoms with van der Waals surface area (Å²) in [6, 6.07) is 16.0. The van der Waals surface area contributed by atoms with Crippen LogP contribution in [0.3, 0.4) is 0 Å². The van der Waals surface area contributed by atoms with Gasteiger partial charge in [-0.15, -0.1) is 16.4 Å². The highest BCUT2D eigenvalue weighted by Crippen LogP contribution is 2.31. The Kier molecular flexibility index (Phi) is 2.68. The van der Waals surface area contributed by atoms with Crippen LogP contribution in [-0.2, 0) is 0 Å². The summed E-state index contributed by atoms with van der Waals surface area (Å²) in [6.07, 6.45) is 0. The third-order valence-electron chi connectivity index (χ3n) is 3.11. The number of benzene rings is 2. The fourth-order valence-electron chi connectivity index (χ4n) is 2.10. The predicted octanol–water partition coefficient (Wildman–Crippen LogP) is 3.60. The maximum atomic E-state index is 5.43. The fraction of sp³-hybridized carbons (Fsp3) is 0. The highest BCUT2D eigenvalue weighted by molar-refractivity contribution is 7.21.